The van der Waals surface area contributed by atoms with Gasteiger partial charge in [-0.05, 0) is 27.2 Å². The van der Waals surface area contributed by atoms with Crippen LogP contribution in [0.15, 0.2) is 0 Å². The fourth-order valence-corrected chi connectivity index (χ4v) is 1.03. The van der Waals surface area contributed by atoms with Crippen LogP contribution in [-0.4, -0.2) is 18.0 Å². The summed E-state index contributed by atoms with van der Waals surface area (Å²) in [6, 6.07) is 0. The Morgan fingerprint density at radius 2 is 2.00 bits per heavy atom. The van der Waals surface area contributed by atoms with E-state index < -0.39 is 0 Å². The summed E-state index contributed by atoms with van der Waals surface area (Å²) in [5, 5.41) is 0. The van der Waals surface area contributed by atoms with Crippen molar-refractivity contribution < 1.29 is 9.53 Å². The minimum Gasteiger partial charge on any atom is -0.375 e. The van der Waals surface area contributed by atoms with Crippen LogP contribution >= 0.6 is 0 Å². The molecular weight excluding hydrogens is 140 g/mol. The molecule has 2 heteroatoms. The molecular formula is C9H18O2. The molecule has 0 bridgehead atoms. The quantitative estimate of drug-likeness (QED) is 0.613. The van der Waals surface area contributed by atoms with E-state index >= 15 is 0 Å². The lowest BCUT2D eigenvalue weighted by atomic mass is 10.0. The van der Waals surface area contributed by atoms with Gasteiger partial charge in [0.15, 0.2) is 0 Å². The number of hydrogen-bond donors (Lipinski definition) is 0. The second kappa shape index (κ2) is 4.50. The largest absolute Gasteiger partial charge is 0.375 e. The summed E-state index contributed by atoms with van der Waals surface area (Å²) in [4.78, 5) is 10.7. The van der Waals surface area contributed by atoms with E-state index in [4.69, 9.17) is 4.74 Å². The molecule has 0 unspecified atom stereocenters. The lowest BCUT2D eigenvalue weighted by Gasteiger charge is -2.23. The van der Waals surface area contributed by atoms with Gasteiger partial charge in [-0.1, -0.05) is 6.92 Å². The highest BCUT2D eigenvalue weighted by atomic mass is 16.5. The number of ketones is 1. The number of ether oxygens (including phenoxy) is 1. The number of carbonyl (C=O) groups is 1. The Morgan fingerprint density at radius 1 is 1.45 bits per heavy atom. The smallest absolute Gasteiger partial charge is 0.132 e. The van der Waals surface area contributed by atoms with Crippen LogP contribution in [0.2, 0.25) is 0 Å². The Balaban J connectivity index is 3.70. The number of carbonyl (C=O) groups excluding carboxylic acids is 1. The lowest BCUT2D eigenvalue weighted by molar-refractivity contribution is -0.123. The van der Waals surface area contributed by atoms with E-state index in [2.05, 4.69) is 6.92 Å². The maximum atomic E-state index is 10.7. The van der Waals surface area contributed by atoms with Gasteiger partial charge in [0.25, 0.3) is 0 Å². The predicted molar refractivity (Wildman–Crippen MR) is 45.6 cm³/mol. The molecule has 0 N–H and O–H groups in total. The maximum Gasteiger partial charge on any atom is 0.132 e. The summed E-state index contributed by atoms with van der Waals surface area (Å²) in [5.41, 5.74) is -0.276. The number of rotatable bonds is 5. The van der Waals surface area contributed by atoms with Gasteiger partial charge in [-0.3, -0.25) is 4.79 Å². The first-order valence-corrected chi connectivity index (χ1v) is 4.11. The Hall–Kier alpha value is -0.370. The van der Waals surface area contributed by atoms with Crippen LogP contribution in [0.3, 0.4) is 0 Å². The summed E-state index contributed by atoms with van der Waals surface area (Å²) in [6.07, 6.45) is 1.51. The Kier molecular flexibility index (Phi) is 4.34. The van der Waals surface area contributed by atoms with Crippen molar-refractivity contribution in [1.82, 2.24) is 0 Å². The molecule has 0 aromatic carbocycles. The molecule has 0 rings (SSSR count). The van der Waals surface area contributed by atoms with Crippen molar-refractivity contribution in [2.45, 2.75) is 46.1 Å². The molecule has 0 saturated carbocycles. The molecule has 0 saturated heterocycles. The topological polar surface area (TPSA) is 26.3 Å². The molecule has 11 heavy (non-hydrogen) atoms. The second-order valence-electron chi connectivity index (χ2n) is 3.49. The Morgan fingerprint density at radius 3 is 2.36 bits per heavy atom. The first-order chi connectivity index (χ1) is 4.98. The van der Waals surface area contributed by atoms with Crippen molar-refractivity contribution in [2.75, 3.05) is 6.61 Å². The van der Waals surface area contributed by atoms with Crippen LogP contribution < -0.4 is 0 Å². The summed E-state index contributed by atoms with van der Waals surface area (Å²) < 4.78 is 5.47. The van der Waals surface area contributed by atoms with E-state index in [-0.39, 0.29) is 11.4 Å². The fourth-order valence-electron chi connectivity index (χ4n) is 1.03. The monoisotopic (exact) mass is 158 g/mol. The highest BCUT2D eigenvalue weighted by Crippen LogP contribution is 2.14. The molecule has 0 atom stereocenters. The SMILES string of the molecule is CCCOC(C)(C)CC(C)=O. The van der Waals surface area contributed by atoms with Gasteiger partial charge in [-0.15, -0.1) is 0 Å². The molecule has 66 valence electrons. The van der Waals surface area contributed by atoms with Crippen LogP contribution in [-0.2, 0) is 9.53 Å². The average molecular weight is 158 g/mol. The van der Waals surface area contributed by atoms with E-state index in [1.54, 1.807) is 6.92 Å². The molecule has 0 amide bonds. The molecule has 0 fully saturated rings. The normalized spacial score (nSPS) is 11.6. The van der Waals surface area contributed by atoms with Crippen LogP contribution in [0, 0.1) is 0 Å². The van der Waals surface area contributed by atoms with E-state index in [1.165, 1.54) is 0 Å². The highest BCUT2D eigenvalue weighted by Gasteiger charge is 2.19. The van der Waals surface area contributed by atoms with Gasteiger partial charge in [0.2, 0.25) is 0 Å². The van der Waals surface area contributed by atoms with Gasteiger partial charge in [-0.25, -0.2) is 0 Å². The maximum absolute atomic E-state index is 10.7. The second-order valence-corrected chi connectivity index (χ2v) is 3.49. The Labute approximate surface area is 68.9 Å². The predicted octanol–water partition coefficient (Wildman–Crippen LogP) is 2.17. The van der Waals surface area contributed by atoms with Gasteiger partial charge in [0.1, 0.15) is 5.78 Å². The van der Waals surface area contributed by atoms with E-state index in [9.17, 15) is 4.79 Å². The molecule has 0 spiro atoms. The standard InChI is InChI=1S/C9H18O2/c1-5-6-11-9(3,4)7-8(2)10/h5-7H2,1-4H3. The lowest BCUT2D eigenvalue weighted by Crippen LogP contribution is -2.27. The molecule has 0 aromatic rings. The van der Waals surface area contributed by atoms with E-state index in [1.807, 2.05) is 13.8 Å². The zero-order chi connectivity index (χ0) is 8.91. The first-order valence-electron chi connectivity index (χ1n) is 4.11. The molecule has 0 radical (unpaired) electrons. The van der Waals surface area contributed by atoms with Gasteiger partial charge >= 0.3 is 0 Å². The van der Waals surface area contributed by atoms with Gasteiger partial charge in [0, 0.05) is 13.0 Å². The molecule has 0 aliphatic rings. The number of Topliss-reactive ketones (excluding diaryl/α,β-unsaturated/α-hetero) is 1. The summed E-state index contributed by atoms with van der Waals surface area (Å²) >= 11 is 0. The third-order valence-corrected chi connectivity index (χ3v) is 1.37. The van der Waals surface area contributed by atoms with Gasteiger partial charge in [0.05, 0.1) is 5.60 Å². The zero-order valence-electron chi connectivity index (χ0n) is 7.94. The molecule has 0 aliphatic carbocycles. The van der Waals surface area contributed by atoms with Crippen LogP contribution in [0.25, 0.3) is 0 Å². The van der Waals surface area contributed by atoms with E-state index in [0.717, 1.165) is 13.0 Å². The molecule has 0 heterocycles. The summed E-state index contributed by atoms with van der Waals surface area (Å²) in [6.45, 7) is 8.29. The van der Waals surface area contributed by atoms with Crippen molar-refractivity contribution in [2.24, 2.45) is 0 Å². The van der Waals surface area contributed by atoms with Crippen molar-refractivity contribution in [3.05, 3.63) is 0 Å². The summed E-state index contributed by atoms with van der Waals surface area (Å²) in [5.74, 6) is 0.186. The van der Waals surface area contributed by atoms with Crippen LogP contribution in [0.5, 0.6) is 0 Å². The van der Waals surface area contributed by atoms with Crippen molar-refractivity contribution in [3.8, 4) is 0 Å². The molecule has 0 aliphatic heterocycles. The first kappa shape index (κ1) is 10.6. The third-order valence-electron chi connectivity index (χ3n) is 1.37. The zero-order valence-corrected chi connectivity index (χ0v) is 7.94. The minimum absolute atomic E-state index is 0.186. The van der Waals surface area contributed by atoms with Crippen LogP contribution in [0.4, 0.5) is 0 Å². The van der Waals surface area contributed by atoms with E-state index in [0.29, 0.717) is 6.42 Å². The van der Waals surface area contributed by atoms with Gasteiger partial charge in [-0.2, -0.15) is 0 Å². The van der Waals surface area contributed by atoms with Crippen molar-refractivity contribution >= 4 is 5.78 Å². The highest BCUT2D eigenvalue weighted by molar-refractivity contribution is 5.76. The molecule has 2 nitrogen and oxygen atoms in total. The van der Waals surface area contributed by atoms with Crippen molar-refractivity contribution in [1.29, 1.82) is 0 Å². The van der Waals surface area contributed by atoms with Crippen molar-refractivity contribution in [3.63, 3.8) is 0 Å². The Bertz CT molecular complexity index is 128. The summed E-state index contributed by atoms with van der Waals surface area (Å²) in [7, 11) is 0. The van der Waals surface area contributed by atoms with Crippen LogP contribution in [0.1, 0.15) is 40.5 Å². The number of hydrogen-bond acceptors (Lipinski definition) is 2. The molecule has 0 aromatic heterocycles. The minimum atomic E-state index is -0.276. The van der Waals surface area contributed by atoms with Gasteiger partial charge < -0.3 is 4.74 Å². The average Bonchev–Trinajstić information content (AvgIpc) is 1.81. The third kappa shape index (κ3) is 6.05. The fraction of sp³-hybridized carbons (Fsp3) is 0.889.